The number of nitrogens with zero attached hydrogens (tertiary/aromatic N) is 5. The molecule has 1 amide bonds. The Morgan fingerprint density at radius 1 is 1.03 bits per heavy atom. The van der Waals surface area contributed by atoms with Crippen LogP contribution in [-0.4, -0.2) is 31.4 Å². The second-order valence-electron chi connectivity index (χ2n) is 7.83. The quantitative estimate of drug-likeness (QED) is 0.464. The summed E-state index contributed by atoms with van der Waals surface area (Å²) in [5.74, 6) is 7.17. The number of carbonyl (C=O) groups is 1. The molecule has 0 bridgehead atoms. The van der Waals surface area contributed by atoms with Crippen molar-refractivity contribution in [3.05, 3.63) is 106 Å². The molecule has 0 fully saturated rings. The van der Waals surface area contributed by atoms with Crippen molar-refractivity contribution >= 4 is 23.2 Å². The second-order valence-corrected chi connectivity index (χ2v) is 8.27. The van der Waals surface area contributed by atoms with E-state index in [2.05, 4.69) is 27.0 Å². The first kappa shape index (κ1) is 21.6. The van der Waals surface area contributed by atoms with Gasteiger partial charge in [0.25, 0.3) is 0 Å². The van der Waals surface area contributed by atoms with Crippen LogP contribution in [0.4, 0.5) is 0 Å². The number of primary amides is 1. The number of aromatic nitrogens is 4. The summed E-state index contributed by atoms with van der Waals surface area (Å²) in [6, 6.07) is 16.5. The fourth-order valence-electron chi connectivity index (χ4n) is 3.92. The fraction of sp³-hybridized carbons (Fsp3) is 0.115. The van der Waals surface area contributed by atoms with Gasteiger partial charge in [0.15, 0.2) is 5.82 Å². The van der Waals surface area contributed by atoms with E-state index in [0.717, 1.165) is 27.9 Å². The third-order valence-electron chi connectivity index (χ3n) is 5.47. The molecule has 0 saturated carbocycles. The normalized spacial score (nSPS) is 14.2. The van der Waals surface area contributed by atoms with Crippen LogP contribution in [0.2, 0.25) is 5.02 Å². The van der Waals surface area contributed by atoms with Crippen molar-refractivity contribution in [2.24, 2.45) is 10.7 Å². The number of rotatable bonds is 3. The van der Waals surface area contributed by atoms with Crippen LogP contribution in [-0.2, 0) is 4.79 Å². The summed E-state index contributed by atoms with van der Waals surface area (Å²) in [6.45, 7) is 1.87. The summed E-state index contributed by atoms with van der Waals surface area (Å²) in [5.41, 5.74) is 10.5. The number of nitrogens with two attached hydrogens (primary N) is 1. The summed E-state index contributed by atoms with van der Waals surface area (Å²) in [6.07, 6.45) is 3.43. The Bertz CT molecular complexity index is 1480. The first-order valence-corrected chi connectivity index (χ1v) is 11.0. The molecule has 2 aromatic carbocycles. The number of pyridine rings is 1. The number of hydrogen-bond donors (Lipinski definition) is 1. The van der Waals surface area contributed by atoms with Crippen LogP contribution < -0.4 is 5.73 Å². The van der Waals surface area contributed by atoms with E-state index in [1.165, 1.54) is 0 Å². The van der Waals surface area contributed by atoms with Crippen molar-refractivity contribution in [3.63, 3.8) is 0 Å². The van der Waals surface area contributed by atoms with Crippen molar-refractivity contribution in [3.8, 4) is 17.5 Å². The van der Waals surface area contributed by atoms with Crippen LogP contribution in [0.5, 0.6) is 0 Å². The lowest BCUT2D eigenvalue weighted by molar-refractivity contribution is -0.118. The van der Waals surface area contributed by atoms with Crippen LogP contribution in [0.1, 0.15) is 46.4 Å². The Labute approximate surface area is 201 Å². The molecule has 166 valence electrons. The summed E-state index contributed by atoms with van der Waals surface area (Å²) < 4.78 is 1.93. The second kappa shape index (κ2) is 8.93. The largest absolute Gasteiger partial charge is 0.370 e. The van der Waals surface area contributed by atoms with Gasteiger partial charge >= 0.3 is 0 Å². The number of carbonyl (C=O) groups excluding carboxylic acids is 1. The summed E-state index contributed by atoms with van der Waals surface area (Å²) in [5, 5.41) is 9.20. The predicted molar refractivity (Wildman–Crippen MR) is 130 cm³/mol. The topological polar surface area (TPSA) is 99.1 Å². The van der Waals surface area contributed by atoms with Gasteiger partial charge in [-0.05, 0) is 49.4 Å². The van der Waals surface area contributed by atoms with Crippen LogP contribution in [0.25, 0.3) is 5.69 Å². The zero-order chi connectivity index (χ0) is 23.7. The van der Waals surface area contributed by atoms with Crippen molar-refractivity contribution in [2.45, 2.75) is 19.4 Å². The molecular formula is C26H19ClN6O. The van der Waals surface area contributed by atoms with E-state index in [1.807, 2.05) is 66.1 Å². The van der Waals surface area contributed by atoms with Gasteiger partial charge in [0.1, 0.15) is 11.9 Å². The Morgan fingerprint density at radius 2 is 1.76 bits per heavy atom. The molecule has 0 spiro atoms. The maximum absolute atomic E-state index is 11.9. The fourth-order valence-corrected chi connectivity index (χ4v) is 4.04. The van der Waals surface area contributed by atoms with E-state index < -0.39 is 11.9 Å². The van der Waals surface area contributed by atoms with Gasteiger partial charge in [-0.15, -0.1) is 10.2 Å². The standard InChI is InChI=1S/C26H19ClN6O/c1-16-31-32-26-22(15-24(28)34)30-25(19-5-7-20(27)8-6-19)21-14-18(4-9-23(21)33(16)26)3-2-17-10-12-29-13-11-17/h4-14,22H,15H2,1H3,(H2,28,34)/t22-/m0/s1. The van der Waals surface area contributed by atoms with Gasteiger partial charge in [0, 0.05) is 39.7 Å². The van der Waals surface area contributed by atoms with Gasteiger partial charge < -0.3 is 5.73 Å². The molecule has 3 heterocycles. The van der Waals surface area contributed by atoms with Crippen LogP contribution >= 0.6 is 11.6 Å². The highest BCUT2D eigenvalue weighted by atomic mass is 35.5. The monoisotopic (exact) mass is 466 g/mol. The summed E-state index contributed by atoms with van der Waals surface area (Å²) >= 11 is 6.14. The predicted octanol–water partition coefficient (Wildman–Crippen LogP) is 3.79. The Balaban J connectivity index is 1.72. The lowest BCUT2D eigenvalue weighted by atomic mass is 9.98. The van der Waals surface area contributed by atoms with Gasteiger partial charge in [-0.25, -0.2) is 0 Å². The number of fused-ring (bicyclic) bond motifs is 3. The highest BCUT2D eigenvalue weighted by molar-refractivity contribution is 6.30. The van der Waals surface area contributed by atoms with Crippen molar-refractivity contribution in [1.82, 2.24) is 19.7 Å². The molecule has 2 aromatic heterocycles. The van der Waals surface area contributed by atoms with Crippen molar-refractivity contribution in [1.29, 1.82) is 0 Å². The Hall–Kier alpha value is -4.28. The minimum atomic E-state index is -0.580. The summed E-state index contributed by atoms with van der Waals surface area (Å²) in [4.78, 5) is 20.9. The van der Waals surface area contributed by atoms with Gasteiger partial charge in [-0.1, -0.05) is 35.6 Å². The lowest BCUT2D eigenvalue weighted by Gasteiger charge is -2.13. The van der Waals surface area contributed by atoms with E-state index in [4.69, 9.17) is 22.3 Å². The number of hydrogen-bond acceptors (Lipinski definition) is 5. The zero-order valence-corrected chi connectivity index (χ0v) is 19.0. The number of halogens is 1. The first-order chi connectivity index (χ1) is 16.5. The molecule has 7 nitrogen and oxygen atoms in total. The minimum Gasteiger partial charge on any atom is -0.370 e. The molecule has 0 aliphatic carbocycles. The maximum atomic E-state index is 11.9. The lowest BCUT2D eigenvalue weighted by Crippen LogP contribution is -2.17. The highest BCUT2D eigenvalue weighted by Gasteiger charge is 2.29. The highest BCUT2D eigenvalue weighted by Crippen LogP contribution is 2.33. The van der Waals surface area contributed by atoms with Crippen LogP contribution in [0.15, 0.2) is 72.0 Å². The average Bonchev–Trinajstić information content (AvgIpc) is 3.16. The molecular weight excluding hydrogens is 448 g/mol. The zero-order valence-electron chi connectivity index (χ0n) is 18.2. The molecule has 0 unspecified atom stereocenters. The smallest absolute Gasteiger partial charge is 0.220 e. The third-order valence-corrected chi connectivity index (χ3v) is 5.72. The van der Waals surface area contributed by atoms with E-state index in [1.54, 1.807) is 12.4 Å². The van der Waals surface area contributed by atoms with Crippen molar-refractivity contribution in [2.75, 3.05) is 0 Å². The molecule has 8 heteroatoms. The number of aliphatic imine (C=N–C) groups is 1. The molecule has 4 aromatic rings. The molecule has 1 aliphatic rings. The molecule has 0 radical (unpaired) electrons. The van der Waals surface area contributed by atoms with Gasteiger partial charge in [0.2, 0.25) is 5.91 Å². The average molecular weight is 467 g/mol. The minimum absolute atomic E-state index is 0.0118. The first-order valence-electron chi connectivity index (χ1n) is 10.6. The van der Waals surface area contributed by atoms with Gasteiger partial charge in [-0.2, -0.15) is 0 Å². The Kier molecular flexibility index (Phi) is 5.66. The van der Waals surface area contributed by atoms with Gasteiger partial charge in [-0.3, -0.25) is 19.3 Å². The van der Waals surface area contributed by atoms with Crippen molar-refractivity contribution < 1.29 is 4.79 Å². The summed E-state index contributed by atoms with van der Waals surface area (Å²) in [7, 11) is 0. The number of benzene rings is 2. The van der Waals surface area contributed by atoms with Gasteiger partial charge in [0.05, 0.1) is 17.8 Å². The van der Waals surface area contributed by atoms with E-state index in [-0.39, 0.29) is 6.42 Å². The maximum Gasteiger partial charge on any atom is 0.220 e. The molecule has 1 atom stereocenters. The number of aryl methyl sites for hydroxylation is 1. The molecule has 0 saturated heterocycles. The molecule has 1 aliphatic heterocycles. The van der Waals surface area contributed by atoms with Crippen LogP contribution in [0.3, 0.4) is 0 Å². The van der Waals surface area contributed by atoms with E-state index in [9.17, 15) is 4.79 Å². The third kappa shape index (κ3) is 4.19. The molecule has 5 rings (SSSR count). The van der Waals surface area contributed by atoms with E-state index in [0.29, 0.717) is 22.4 Å². The van der Waals surface area contributed by atoms with Crippen LogP contribution in [0, 0.1) is 18.8 Å². The Morgan fingerprint density at radius 3 is 2.50 bits per heavy atom. The van der Waals surface area contributed by atoms with E-state index >= 15 is 0 Å². The molecule has 2 N–H and O–H groups in total. The SMILES string of the molecule is Cc1nnc2n1-c1ccc(C#Cc3ccncc3)cc1C(c1ccc(Cl)cc1)=N[C@H]2CC(N)=O. The molecule has 34 heavy (non-hydrogen) atoms. The number of amides is 1.